The van der Waals surface area contributed by atoms with E-state index in [4.69, 9.17) is 22.1 Å². The number of rotatable bonds is 10. The summed E-state index contributed by atoms with van der Waals surface area (Å²) in [4.78, 5) is 54.3. The number of amides is 1. The number of benzene rings is 1. The lowest BCUT2D eigenvalue weighted by molar-refractivity contribution is -0.121. The summed E-state index contributed by atoms with van der Waals surface area (Å²) in [6.07, 6.45) is 3.78. The maximum atomic E-state index is 13.0. The van der Waals surface area contributed by atoms with Crippen LogP contribution in [0.2, 0.25) is 5.02 Å². The zero-order valence-electron chi connectivity index (χ0n) is 18.3. The number of aromatic amines is 1. The van der Waals surface area contributed by atoms with Gasteiger partial charge in [0.2, 0.25) is 0 Å². The van der Waals surface area contributed by atoms with Crippen molar-refractivity contribution in [1.29, 1.82) is 0 Å². The van der Waals surface area contributed by atoms with Gasteiger partial charge in [-0.05, 0) is 37.3 Å². The van der Waals surface area contributed by atoms with Crippen molar-refractivity contribution in [3.63, 3.8) is 0 Å². The number of nitrogens with one attached hydrogen (secondary N) is 1. The fourth-order valence-electron chi connectivity index (χ4n) is 3.03. The van der Waals surface area contributed by atoms with Gasteiger partial charge in [-0.25, -0.2) is 9.59 Å². The van der Waals surface area contributed by atoms with Crippen LogP contribution in [0.25, 0.3) is 0 Å². The Balaban J connectivity index is 2.32. The molecule has 2 aromatic rings. The average molecular weight is 483 g/mol. The van der Waals surface area contributed by atoms with Crippen molar-refractivity contribution < 1.29 is 14.3 Å². The van der Waals surface area contributed by atoms with Gasteiger partial charge in [-0.1, -0.05) is 31.9 Å². The van der Waals surface area contributed by atoms with Crippen molar-refractivity contribution >= 4 is 46.7 Å². The molecule has 0 bridgehead atoms. The average Bonchev–Trinajstić information content (AvgIpc) is 2.77. The van der Waals surface area contributed by atoms with Crippen LogP contribution in [0, 0.1) is 0 Å². The van der Waals surface area contributed by atoms with E-state index in [1.54, 1.807) is 18.2 Å². The lowest BCUT2D eigenvalue weighted by Gasteiger charge is -2.24. The van der Waals surface area contributed by atoms with E-state index in [1.807, 2.05) is 20.1 Å². The minimum Gasteiger partial charge on any atom is -0.452 e. The molecule has 0 atom stereocenters. The van der Waals surface area contributed by atoms with E-state index in [1.165, 1.54) is 16.3 Å². The van der Waals surface area contributed by atoms with Gasteiger partial charge in [0.25, 0.3) is 11.5 Å². The minimum absolute atomic E-state index is 0.105. The SMILES string of the molecule is CCCCN(C(=O)COC(=O)c1cc(SC)ccc1Cl)c1c(N)n(CCC)c(=O)[nH]c1=O. The molecule has 2 rings (SSSR count). The Hall–Kier alpha value is -2.72. The number of nitrogens with zero attached hydrogens (tertiary/aromatic N) is 2. The van der Waals surface area contributed by atoms with E-state index in [-0.39, 0.29) is 35.2 Å². The molecule has 0 fully saturated rings. The van der Waals surface area contributed by atoms with Gasteiger partial charge in [-0.2, -0.15) is 0 Å². The van der Waals surface area contributed by atoms with E-state index in [0.29, 0.717) is 12.8 Å². The summed E-state index contributed by atoms with van der Waals surface area (Å²) in [7, 11) is 0. The molecular formula is C21H27ClN4O5S. The molecule has 0 saturated heterocycles. The molecular weight excluding hydrogens is 456 g/mol. The standard InChI is InChI=1S/C21H27ClN4O5S/c1-4-6-10-25(17-18(23)26(9-5-2)21(30)24-19(17)28)16(27)12-31-20(29)14-11-13(32-3)7-8-15(14)22/h7-8,11H,4-6,9-10,12,23H2,1-3H3,(H,24,28,30). The molecule has 0 unspecified atom stereocenters. The minimum atomic E-state index is -0.772. The Labute approximate surface area is 194 Å². The van der Waals surface area contributed by atoms with Gasteiger partial charge in [0.15, 0.2) is 12.3 Å². The van der Waals surface area contributed by atoms with E-state index in [0.717, 1.165) is 16.2 Å². The van der Waals surface area contributed by atoms with Crippen LogP contribution in [0.4, 0.5) is 11.5 Å². The highest BCUT2D eigenvalue weighted by atomic mass is 35.5. The van der Waals surface area contributed by atoms with Crippen molar-refractivity contribution in [2.45, 2.75) is 44.6 Å². The first-order valence-corrected chi connectivity index (χ1v) is 11.8. The molecule has 1 amide bonds. The van der Waals surface area contributed by atoms with E-state index < -0.39 is 29.7 Å². The molecule has 9 nitrogen and oxygen atoms in total. The number of hydrogen-bond acceptors (Lipinski definition) is 7. The second kappa shape index (κ2) is 11.8. The van der Waals surface area contributed by atoms with Crippen LogP contribution >= 0.6 is 23.4 Å². The Morgan fingerprint density at radius 2 is 1.97 bits per heavy atom. The first-order chi connectivity index (χ1) is 15.2. The van der Waals surface area contributed by atoms with Crippen molar-refractivity contribution in [3.8, 4) is 0 Å². The normalized spacial score (nSPS) is 10.8. The van der Waals surface area contributed by atoms with Crippen LogP contribution in [0.1, 0.15) is 43.5 Å². The fraction of sp³-hybridized carbons (Fsp3) is 0.429. The van der Waals surface area contributed by atoms with Gasteiger partial charge in [-0.3, -0.25) is 19.1 Å². The number of halogens is 1. The number of aromatic nitrogens is 2. The van der Waals surface area contributed by atoms with Crippen LogP contribution in [0.5, 0.6) is 0 Å². The highest BCUT2D eigenvalue weighted by Crippen LogP contribution is 2.24. The number of hydrogen-bond donors (Lipinski definition) is 2. The second-order valence-corrected chi connectivity index (χ2v) is 8.25. The Bertz CT molecular complexity index is 1100. The Kier molecular flexibility index (Phi) is 9.40. The van der Waals surface area contributed by atoms with Gasteiger partial charge < -0.3 is 15.4 Å². The van der Waals surface area contributed by atoms with Crippen molar-refractivity contribution in [1.82, 2.24) is 9.55 Å². The number of esters is 1. The zero-order valence-corrected chi connectivity index (χ0v) is 19.8. The van der Waals surface area contributed by atoms with Gasteiger partial charge in [-0.15, -0.1) is 11.8 Å². The van der Waals surface area contributed by atoms with Gasteiger partial charge in [0, 0.05) is 18.0 Å². The molecule has 1 aromatic carbocycles. The molecule has 174 valence electrons. The van der Waals surface area contributed by atoms with Crippen molar-refractivity contribution in [2.24, 2.45) is 0 Å². The number of carbonyl (C=O) groups is 2. The molecule has 3 N–H and O–H groups in total. The maximum absolute atomic E-state index is 13.0. The largest absolute Gasteiger partial charge is 0.452 e. The number of nitrogens with two attached hydrogens (primary N) is 1. The fourth-order valence-corrected chi connectivity index (χ4v) is 3.67. The number of H-pyrrole nitrogens is 1. The van der Waals surface area contributed by atoms with Crippen molar-refractivity contribution in [3.05, 3.63) is 49.6 Å². The van der Waals surface area contributed by atoms with Crippen LogP contribution in [-0.4, -0.2) is 40.8 Å². The van der Waals surface area contributed by atoms with Crippen LogP contribution in [-0.2, 0) is 16.1 Å². The highest BCUT2D eigenvalue weighted by molar-refractivity contribution is 7.98. The number of unbranched alkanes of at least 4 members (excludes halogenated alkanes) is 1. The number of ether oxygens (including phenoxy) is 1. The predicted octanol–water partition coefficient (Wildman–Crippen LogP) is 2.89. The van der Waals surface area contributed by atoms with E-state index >= 15 is 0 Å². The summed E-state index contributed by atoms with van der Waals surface area (Å²) >= 11 is 7.53. The van der Waals surface area contributed by atoms with Crippen LogP contribution in [0.15, 0.2) is 32.7 Å². The quantitative estimate of drug-likeness (QED) is 0.393. The summed E-state index contributed by atoms with van der Waals surface area (Å²) in [6, 6.07) is 4.93. The number of thioether (sulfide) groups is 1. The number of nitrogen functional groups attached to an aromatic ring is 1. The molecule has 0 spiro atoms. The number of anilines is 2. The topological polar surface area (TPSA) is 127 Å². The van der Waals surface area contributed by atoms with E-state index in [2.05, 4.69) is 4.98 Å². The first-order valence-electron chi connectivity index (χ1n) is 10.2. The number of carbonyl (C=O) groups excluding carboxylic acids is 2. The highest BCUT2D eigenvalue weighted by Gasteiger charge is 2.25. The first kappa shape index (κ1) is 25.5. The van der Waals surface area contributed by atoms with E-state index in [9.17, 15) is 19.2 Å². The zero-order chi connectivity index (χ0) is 23.8. The maximum Gasteiger partial charge on any atom is 0.340 e. The molecule has 1 aromatic heterocycles. The van der Waals surface area contributed by atoms with Crippen LogP contribution in [0.3, 0.4) is 0 Å². The third-order valence-corrected chi connectivity index (χ3v) is 5.74. The Morgan fingerprint density at radius 3 is 2.59 bits per heavy atom. The molecule has 1 heterocycles. The third kappa shape index (κ3) is 5.95. The summed E-state index contributed by atoms with van der Waals surface area (Å²) < 4.78 is 6.40. The molecule has 0 aliphatic heterocycles. The van der Waals surface area contributed by atoms with Crippen LogP contribution < -0.4 is 21.9 Å². The monoisotopic (exact) mass is 482 g/mol. The molecule has 0 aliphatic rings. The van der Waals surface area contributed by atoms with Gasteiger partial charge in [0.1, 0.15) is 5.82 Å². The molecule has 32 heavy (non-hydrogen) atoms. The van der Waals surface area contributed by atoms with Crippen molar-refractivity contribution in [2.75, 3.05) is 30.0 Å². The molecule has 11 heteroatoms. The lowest BCUT2D eigenvalue weighted by Crippen LogP contribution is -2.43. The smallest absolute Gasteiger partial charge is 0.340 e. The molecule has 0 aliphatic carbocycles. The molecule has 0 radical (unpaired) electrons. The lowest BCUT2D eigenvalue weighted by atomic mass is 10.2. The van der Waals surface area contributed by atoms with Gasteiger partial charge >= 0.3 is 11.7 Å². The summed E-state index contributed by atoms with van der Waals surface area (Å²) in [5, 5.41) is 0.204. The second-order valence-electron chi connectivity index (χ2n) is 6.97. The summed E-state index contributed by atoms with van der Waals surface area (Å²) in [5.74, 6) is -1.50. The Morgan fingerprint density at radius 1 is 1.25 bits per heavy atom. The van der Waals surface area contributed by atoms with Gasteiger partial charge in [0.05, 0.1) is 10.6 Å². The molecule has 0 saturated carbocycles. The third-order valence-electron chi connectivity index (χ3n) is 4.69. The summed E-state index contributed by atoms with van der Waals surface area (Å²) in [6.45, 7) is 3.62. The summed E-state index contributed by atoms with van der Waals surface area (Å²) in [5.41, 5.74) is 4.70. The predicted molar refractivity (Wildman–Crippen MR) is 127 cm³/mol.